The summed E-state index contributed by atoms with van der Waals surface area (Å²) in [5.74, 6) is -0.0343. The first-order valence-corrected chi connectivity index (χ1v) is 10.2. The average Bonchev–Trinajstić information content (AvgIpc) is 2.74. The van der Waals surface area contributed by atoms with Crippen LogP contribution in [-0.2, 0) is 32.3 Å². The maximum atomic E-state index is 14.0. The Bertz CT molecular complexity index is 839. The standard InChI is InChI=1S/C24H29FO6/c1-5-16(2)19-6-8-23(9-7-19)28-10-11-29-24-20(14-30-17(3)26)12-22(25)13-21(24)15-31-18(4)27/h6-9,12-13,16H,5,10-11,14-15H2,1-4H3. The molecule has 0 heterocycles. The Balaban J connectivity index is 2.05. The fraction of sp³-hybridized carbons (Fsp3) is 0.417. The highest BCUT2D eigenvalue weighted by Crippen LogP contribution is 2.28. The van der Waals surface area contributed by atoms with Gasteiger partial charge in [-0.05, 0) is 42.2 Å². The third kappa shape index (κ3) is 7.92. The summed E-state index contributed by atoms with van der Waals surface area (Å²) >= 11 is 0. The molecule has 0 saturated heterocycles. The van der Waals surface area contributed by atoms with Crippen LogP contribution in [0.4, 0.5) is 4.39 Å². The zero-order chi connectivity index (χ0) is 22.8. The summed E-state index contributed by atoms with van der Waals surface area (Å²) < 4.78 is 35.6. The van der Waals surface area contributed by atoms with Gasteiger partial charge < -0.3 is 18.9 Å². The zero-order valence-corrected chi connectivity index (χ0v) is 18.4. The number of carbonyl (C=O) groups is 2. The van der Waals surface area contributed by atoms with Gasteiger partial charge in [-0.3, -0.25) is 9.59 Å². The second-order valence-corrected chi connectivity index (χ2v) is 7.19. The van der Waals surface area contributed by atoms with Crippen LogP contribution in [0.1, 0.15) is 56.7 Å². The molecule has 2 aromatic carbocycles. The summed E-state index contributed by atoms with van der Waals surface area (Å²) in [6.07, 6.45) is 1.07. The van der Waals surface area contributed by atoms with E-state index < -0.39 is 17.8 Å². The van der Waals surface area contributed by atoms with Gasteiger partial charge in [-0.2, -0.15) is 0 Å². The number of ether oxygens (including phenoxy) is 4. The quantitative estimate of drug-likeness (QED) is 0.371. The molecule has 0 bridgehead atoms. The summed E-state index contributed by atoms with van der Waals surface area (Å²) in [6, 6.07) is 10.4. The van der Waals surface area contributed by atoms with Crippen LogP contribution in [0, 0.1) is 5.82 Å². The van der Waals surface area contributed by atoms with Crippen molar-refractivity contribution >= 4 is 11.9 Å². The molecule has 168 valence electrons. The predicted molar refractivity (Wildman–Crippen MR) is 113 cm³/mol. The Morgan fingerprint density at radius 3 is 1.90 bits per heavy atom. The van der Waals surface area contributed by atoms with Gasteiger partial charge in [0, 0.05) is 25.0 Å². The molecule has 0 fully saturated rings. The number of carbonyl (C=O) groups excluding carboxylic acids is 2. The zero-order valence-electron chi connectivity index (χ0n) is 18.4. The van der Waals surface area contributed by atoms with Crippen molar-refractivity contribution in [2.75, 3.05) is 13.2 Å². The van der Waals surface area contributed by atoms with E-state index in [1.807, 2.05) is 24.3 Å². The normalized spacial score (nSPS) is 11.5. The van der Waals surface area contributed by atoms with Crippen molar-refractivity contribution in [2.24, 2.45) is 0 Å². The molecule has 0 aliphatic rings. The van der Waals surface area contributed by atoms with Crippen LogP contribution in [0.2, 0.25) is 0 Å². The van der Waals surface area contributed by atoms with Crippen LogP contribution in [0.15, 0.2) is 36.4 Å². The van der Waals surface area contributed by atoms with E-state index in [1.165, 1.54) is 31.5 Å². The minimum absolute atomic E-state index is 0.159. The highest BCUT2D eigenvalue weighted by Gasteiger charge is 2.15. The second kappa shape index (κ2) is 11.9. The number of benzene rings is 2. The van der Waals surface area contributed by atoms with E-state index in [9.17, 15) is 14.0 Å². The molecule has 0 N–H and O–H groups in total. The Hall–Kier alpha value is -3.09. The molecule has 1 unspecified atom stereocenters. The maximum absolute atomic E-state index is 14.0. The molecule has 6 nitrogen and oxygen atoms in total. The van der Waals surface area contributed by atoms with E-state index in [-0.39, 0.29) is 26.4 Å². The molecule has 0 aromatic heterocycles. The van der Waals surface area contributed by atoms with Crippen LogP contribution in [0.5, 0.6) is 11.5 Å². The van der Waals surface area contributed by atoms with Gasteiger partial charge >= 0.3 is 11.9 Å². The first-order chi connectivity index (χ1) is 14.8. The molecule has 31 heavy (non-hydrogen) atoms. The molecular formula is C24H29FO6. The predicted octanol–water partition coefficient (Wildman–Crippen LogP) is 4.92. The van der Waals surface area contributed by atoms with Gasteiger partial charge in [0.15, 0.2) is 0 Å². The van der Waals surface area contributed by atoms with Crippen molar-refractivity contribution in [1.29, 1.82) is 0 Å². The fourth-order valence-electron chi connectivity index (χ4n) is 2.90. The topological polar surface area (TPSA) is 71.1 Å². The molecule has 0 amide bonds. The Labute approximate surface area is 182 Å². The Kier molecular flexibility index (Phi) is 9.31. The first-order valence-electron chi connectivity index (χ1n) is 10.2. The Morgan fingerprint density at radius 1 is 0.903 bits per heavy atom. The minimum Gasteiger partial charge on any atom is -0.490 e. The second-order valence-electron chi connectivity index (χ2n) is 7.19. The van der Waals surface area contributed by atoms with E-state index in [2.05, 4.69) is 13.8 Å². The van der Waals surface area contributed by atoms with Gasteiger partial charge in [0.2, 0.25) is 0 Å². The molecule has 0 saturated carbocycles. The highest BCUT2D eigenvalue weighted by atomic mass is 19.1. The summed E-state index contributed by atoms with van der Waals surface area (Å²) in [5, 5.41) is 0. The van der Waals surface area contributed by atoms with Crippen LogP contribution in [0.25, 0.3) is 0 Å². The lowest BCUT2D eigenvalue weighted by atomic mass is 9.99. The summed E-state index contributed by atoms with van der Waals surface area (Å²) in [5.41, 5.74) is 1.94. The molecule has 0 spiro atoms. The van der Waals surface area contributed by atoms with Gasteiger partial charge in [0.25, 0.3) is 0 Å². The van der Waals surface area contributed by atoms with Crippen molar-refractivity contribution in [1.82, 2.24) is 0 Å². The van der Waals surface area contributed by atoms with E-state index in [0.717, 1.165) is 12.2 Å². The molecule has 2 aromatic rings. The van der Waals surface area contributed by atoms with Crippen LogP contribution in [0.3, 0.4) is 0 Å². The van der Waals surface area contributed by atoms with E-state index in [0.29, 0.717) is 22.8 Å². The highest BCUT2D eigenvalue weighted by molar-refractivity contribution is 5.66. The first kappa shape index (κ1) is 24.2. The van der Waals surface area contributed by atoms with E-state index in [1.54, 1.807) is 0 Å². The summed E-state index contributed by atoms with van der Waals surface area (Å²) in [6.45, 7) is 6.94. The lowest BCUT2D eigenvalue weighted by molar-refractivity contribution is -0.142. The fourth-order valence-corrected chi connectivity index (χ4v) is 2.90. The number of hydrogen-bond acceptors (Lipinski definition) is 6. The smallest absolute Gasteiger partial charge is 0.302 e. The minimum atomic E-state index is -0.547. The average molecular weight is 432 g/mol. The number of halogens is 1. The number of esters is 2. The van der Waals surface area contributed by atoms with E-state index >= 15 is 0 Å². The largest absolute Gasteiger partial charge is 0.490 e. The molecule has 0 radical (unpaired) electrons. The molecule has 0 aliphatic heterocycles. The monoisotopic (exact) mass is 432 g/mol. The van der Waals surface area contributed by atoms with Gasteiger partial charge in [-0.1, -0.05) is 26.0 Å². The van der Waals surface area contributed by atoms with Gasteiger partial charge in [-0.15, -0.1) is 0 Å². The van der Waals surface area contributed by atoms with Gasteiger partial charge in [0.05, 0.1) is 0 Å². The molecule has 2 rings (SSSR count). The third-order valence-corrected chi connectivity index (χ3v) is 4.73. The number of hydrogen-bond donors (Lipinski definition) is 0. The van der Waals surface area contributed by atoms with Crippen molar-refractivity contribution in [3.63, 3.8) is 0 Å². The molecule has 1 atom stereocenters. The summed E-state index contributed by atoms with van der Waals surface area (Å²) in [7, 11) is 0. The maximum Gasteiger partial charge on any atom is 0.302 e. The molecule has 0 aliphatic carbocycles. The third-order valence-electron chi connectivity index (χ3n) is 4.73. The van der Waals surface area contributed by atoms with Crippen molar-refractivity contribution < 1.29 is 32.9 Å². The van der Waals surface area contributed by atoms with Crippen molar-refractivity contribution in [3.05, 3.63) is 58.9 Å². The van der Waals surface area contributed by atoms with Crippen molar-refractivity contribution in [2.45, 2.75) is 53.2 Å². The van der Waals surface area contributed by atoms with Crippen molar-refractivity contribution in [3.8, 4) is 11.5 Å². The summed E-state index contributed by atoms with van der Waals surface area (Å²) in [4.78, 5) is 22.3. The SMILES string of the molecule is CCC(C)c1ccc(OCCOc2c(COC(C)=O)cc(F)cc2COC(C)=O)cc1. The van der Waals surface area contributed by atoms with E-state index in [4.69, 9.17) is 18.9 Å². The van der Waals surface area contributed by atoms with Crippen LogP contribution < -0.4 is 9.47 Å². The lowest BCUT2D eigenvalue weighted by Crippen LogP contribution is -2.13. The van der Waals surface area contributed by atoms with Crippen LogP contribution in [-0.4, -0.2) is 25.2 Å². The molecular weight excluding hydrogens is 403 g/mol. The lowest BCUT2D eigenvalue weighted by Gasteiger charge is -2.17. The number of rotatable bonds is 11. The Morgan fingerprint density at radius 2 is 1.42 bits per heavy atom. The van der Waals surface area contributed by atoms with Gasteiger partial charge in [0.1, 0.15) is 43.7 Å². The molecule has 7 heteroatoms. The van der Waals surface area contributed by atoms with Crippen LogP contribution >= 0.6 is 0 Å². The van der Waals surface area contributed by atoms with Gasteiger partial charge in [-0.25, -0.2) is 4.39 Å².